The van der Waals surface area contributed by atoms with E-state index in [0.717, 1.165) is 6.42 Å². The molecule has 2 heterocycles. The summed E-state index contributed by atoms with van der Waals surface area (Å²) in [5.41, 5.74) is 6.18. The van der Waals surface area contributed by atoms with Crippen molar-refractivity contribution in [3.63, 3.8) is 0 Å². The largest absolute Gasteiger partial charge is 0.398 e. The van der Waals surface area contributed by atoms with E-state index >= 15 is 0 Å². The molecule has 21 heavy (non-hydrogen) atoms. The second-order valence-electron chi connectivity index (χ2n) is 5.23. The fourth-order valence-corrected chi connectivity index (χ4v) is 4.52. The maximum atomic E-state index is 12.7. The van der Waals surface area contributed by atoms with Crippen LogP contribution in [-0.2, 0) is 19.5 Å². The summed E-state index contributed by atoms with van der Waals surface area (Å²) in [5, 5.41) is 0. The van der Waals surface area contributed by atoms with E-state index in [1.165, 1.54) is 10.4 Å². The number of hydrogen-bond acceptors (Lipinski definition) is 5. The smallest absolute Gasteiger partial charge is 0.243 e. The Kier molecular flexibility index (Phi) is 4.00. The van der Waals surface area contributed by atoms with E-state index in [0.29, 0.717) is 36.3 Å². The SMILES string of the molecule is Nc1cc(S(=O)(=O)N2CCCC3(C2)OCCO3)ccc1Br. The van der Waals surface area contributed by atoms with Gasteiger partial charge >= 0.3 is 0 Å². The van der Waals surface area contributed by atoms with Crippen molar-refractivity contribution in [2.75, 3.05) is 32.0 Å². The van der Waals surface area contributed by atoms with Crippen molar-refractivity contribution in [2.24, 2.45) is 0 Å². The van der Waals surface area contributed by atoms with Gasteiger partial charge in [-0.1, -0.05) is 0 Å². The van der Waals surface area contributed by atoms with Gasteiger partial charge in [-0.2, -0.15) is 4.31 Å². The Morgan fingerprint density at radius 3 is 2.67 bits per heavy atom. The van der Waals surface area contributed by atoms with Crippen LogP contribution in [0.25, 0.3) is 0 Å². The summed E-state index contributed by atoms with van der Waals surface area (Å²) in [7, 11) is -3.59. The van der Waals surface area contributed by atoms with Gasteiger partial charge in [-0.05, 0) is 40.5 Å². The maximum absolute atomic E-state index is 12.7. The average Bonchev–Trinajstić information content (AvgIpc) is 2.89. The highest BCUT2D eigenvalue weighted by atomic mass is 79.9. The Morgan fingerprint density at radius 2 is 2.00 bits per heavy atom. The van der Waals surface area contributed by atoms with Crippen LogP contribution in [0, 0.1) is 0 Å². The fraction of sp³-hybridized carbons (Fsp3) is 0.538. The molecule has 2 aliphatic rings. The van der Waals surface area contributed by atoms with E-state index in [-0.39, 0.29) is 11.4 Å². The molecule has 0 atom stereocenters. The zero-order valence-electron chi connectivity index (χ0n) is 11.4. The molecule has 1 aromatic rings. The van der Waals surface area contributed by atoms with Gasteiger partial charge in [0, 0.05) is 23.1 Å². The molecule has 2 saturated heterocycles. The predicted molar refractivity (Wildman–Crippen MR) is 81.2 cm³/mol. The van der Waals surface area contributed by atoms with E-state index in [9.17, 15) is 8.42 Å². The van der Waals surface area contributed by atoms with Crippen molar-refractivity contribution < 1.29 is 17.9 Å². The van der Waals surface area contributed by atoms with Crippen LogP contribution in [0.1, 0.15) is 12.8 Å². The zero-order chi connectivity index (χ0) is 15.1. The molecule has 0 aromatic heterocycles. The highest BCUT2D eigenvalue weighted by molar-refractivity contribution is 9.10. The fourth-order valence-electron chi connectivity index (χ4n) is 2.72. The van der Waals surface area contributed by atoms with Gasteiger partial charge in [-0.25, -0.2) is 8.42 Å². The van der Waals surface area contributed by atoms with Gasteiger partial charge in [-0.15, -0.1) is 0 Å². The lowest BCUT2D eigenvalue weighted by Gasteiger charge is -2.37. The predicted octanol–water partition coefficient (Wildman–Crippen LogP) is 1.56. The van der Waals surface area contributed by atoms with Crippen LogP contribution in [0.4, 0.5) is 5.69 Å². The molecule has 6 nitrogen and oxygen atoms in total. The van der Waals surface area contributed by atoms with Crippen molar-refractivity contribution in [3.05, 3.63) is 22.7 Å². The summed E-state index contributed by atoms with van der Waals surface area (Å²) < 4.78 is 38.8. The van der Waals surface area contributed by atoms with Gasteiger partial charge in [0.1, 0.15) is 0 Å². The van der Waals surface area contributed by atoms with Crippen molar-refractivity contribution >= 4 is 31.6 Å². The normalized spacial score (nSPS) is 22.7. The maximum Gasteiger partial charge on any atom is 0.243 e. The molecule has 2 aliphatic heterocycles. The summed E-state index contributed by atoms with van der Waals surface area (Å²) in [4.78, 5) is 0.193. The second kappa shape index (κ2) is 5.51. The van der Waals surface area contributed by atoms with Crippen molar-refractivity contribution in [2.45, 2.75) is 23.5 Å². The standard InChI is InChI=1S/C13H17BrN2O4S/c14-11-3-2-10(8-12(11)15)21(17,18)16-5-1-4-13(9-16)19-6-7-20-13/h2-3,8H,1,4-7,9,15H2. The first kappa shape index (κ1) is 15.2. The Labute approximate surface area is 132 Å². The van der Waals surface area contributed by atoms with Crippen molar-refractivity contribution in [1.82, 2.24) is 4.31 Å². The lowest BCUT2D eigenvalue weighted by Crippen LogP contribution is -2.50. The van der Waals surface area contributed by atoms with Gasteiger partial charge in [0.15, 0.2) is 5.79 Å². The first-order valence-corrected chi connectivity index (χ1v) is 8.99. The molecular weight excluding hydrogens is 360 g/mol. The lowest BCUT2D eigenvalue weighted by molar-refractivity contribution is -0.179. The number of nitrogens with zero attached hydrogens (tertiary/aromatic N) is 1. The molecule has 0 amide bonds. The molecule has 116 valence electrons. The van der Waals surface area contributed by atoms with Crippen molar-refractivity contribution in [3.8, 4) is 0 Å². The number of nitrogens with two attached hydrogens (primary N) is 1. The molecule has 1 spiro atoms. The van der Waals surface area contributed by atoms with Gasteiger partial charge in [-0.3, -0.25) is 0 Å². The molecule has 2 N–H and O–H groups in total. The van der Waals surface area contributed by atoms with Crippen LogP contribution in [-0.4, -0.2) is 44.8 Å². The minimum atomic E-state index is -3.59. The third kappa shape index (κ3) is 2.83. The van der Waals surface area contributed by atoms with Crippen LogP contribution in [0.5, 0.6) is 0 Å². The summed E-state index contributed by atoms with van der Waals surface area (Å²) in [6.45, 7) is 1.72. The van der Waals surface area contributed by atoms with E-state index in [1.807, 2.05) is 0 Å². The molecule has 0 aliphatic carbocycles. The number of nitrogen functional groups attached to an aromatic ring is 1. The van der Waals surface area contributed by atoms with Crippen molar-refractivity contribution in [1.29, 1.82) is 0 Å². The summed E-state index contributed by atoms with van der Waals surface area (Å²) in [5.74, 6) is -0.772. The van der Waals surface area contributed by atoms with Crippen LogP contribution in [0.15, 0.2) is 27.6 Å². The highest BCUT2D eigenvalue weighted by Gasteiger charge is 2.44. The van der Waals surface area contributed by atoms with Crippen LogP contribution < -0.4 is 5.73 Å². The molecule has 0 unspecified atom stereocenters. The number of piperidine rings is 1. The van der Waals surface area contributed by atoms with Gasteiger partial charge in [0.2, 0.25) is 10.0 Å². The molecule has 3 rings (SSSR count). The van der Waals surface area contributed by atoms with Gasteiger partial charge in [0.05, 0.1) is 24.7 Å². The summed E-state index contributed by atoms with van der Waals surface area (Å²) >= 11 is 3.27. The number of halogens is 1. The first-order chi connectivity index (χ1) is 9.93. The number of ether oxygens (including phenoxy) is 2. The summed E-state index contributed by atoms with van der Waals surface area (Å²) in [6.07, 6.45) is 1.44. The molecule has 2 fully saturated rings. The van der Waals surface area contributed by atoms with Gasteiger partial charge < -0.3 is 15.2 Å². The number of sulfonamides is 1. The minimum absolute atomic E-state index is 0.193. The zero-order valence-corrected chi connectivity index (χ0v) is 13.8. The molecule has 0 radical (unpaired) electrons. The lowest BCUT2D eigenvalue weighted by atomic mass is 10.1. The minimum Gasteiger partial charge on any atom is -0.398 e. The molecular formula is C13H17BrN2O4S. The molecule has 1 aromatic carbocycles. The van der Waals surface area contributed by atoms with E-state index in [1.54, 1.807) is 12.1 Å². The number of hydrogen-bond donors (Lipinski definition) is 1. The van der Waals surface area contributed by atoms with Gasteiger partial charge in [0.25, 0.3) is 0 Å². The van der Waals surface area contributed by atoms with E-state index in [4.69, 9.17) is 15.2 Å². The highest BCUT2D eigenvalue weighted by Crippen LogP contribution is 2.33. The molecule has 8 heteroatoms. The third-order valence-electron chi connectivity index (χ3n) is 3.80. The monoisotopic (exact) mass is 376 g/mol. The Morgan fingerprint density at radius 1 is 1.29 bits per heavy atom. The number of anilines is 1. The topological polar surface area (TPSA) is 81.9 Å². The number of rotatable bonds is 2. The average molecular weight is 377 g/mol. The number of benzene rings is 1. The van der Waals surface area contributed by atoms with E-state index < -0.39 is 15.8 Å². The summed E-state index contributed by atoms with van der Waals surface area (Å²) in [6, 6.07) is 4.66. The van der Waals surface area contributed by atoms with Crippen LogP contribution in [0.3, 0.4) is 0 Å². The second-order valence-corrected chi connectivity index (χ2v) is 8.03. The van der Waals surface area contributed by atoms with Crippen LogP contribution in [0.2, 0.25) is 0 Å². The first-order valence-electron chi connectivity index (χ1n) is 6.76. The molecule has 0 bridgehead atoms. The third-order valence-corrected chi connectivity index (χ3v) is 6.36. The van der Waals surface area contributed by atoms with Crippen LogP contribution >= 0.6 is 15.9 Å². The molecule has 0 saturated carbocycles. The Bertz CT molecular complexity index is 644. The Hall–Kier alpha value is -0.670. The van der Waals surface area contributed by atoms with E-state index in [2.05, 4.69) is 15.9 Å². The Balaban J connectivity index is 1.88. The quantitative estimate of drug-likeness (QED) is 0.791.